The maximum atomic E-state index is 12.1. The lowest BCUT2D eigenvalue weighted by molar-refractivity contribution is -0.124. The molecule has 1 atom stereocenters. The number of amides is 1. The van der Waals surface area contributed by atoms with E-state index in [1.165, 1.54) is 4.88 Å². The number of hydrogen-bond donors (Lipinski definition) is 1. The van der Waals surface area contributed by atoms with E-state index >= 15 is 0 Å². The van der Waals surface area contributed by atoms with Gasteiger partial charge < -0.3 is 10.1 Å². The fourth-order valence-corrected chi connectivity index (χ4v) is 3.06. The number of thiophene rings is 1. The van der Waals surface area contributed by atoms with Gasteiger partial charge in [0, 0.05) is 4.88 Å². The van der Waals surface area contributed by atoms with Crippen LogP contribution in [0, 0.1) is 12.8 Å². The summed E-state index contributed by atoms with van der Waals surface area (Å²) in [4.78, 5) is 13.3. The minimum absolute atomic E-state index is 0.0398. The van der Waals surface area contributed by atoms with E-state index in [1.54, 1.807) is 11.3 Å². The number of aryl methyl sites for hydroxylation is 1. The predicted octanol–water partition coefficient (Wildman–Crippen LogP) is 3.95. The predicted molar refractivity (Wildman–Crippen MR) is 86.7 cm³/mol. The van der Waals surface area contributed by atoms with Crippen molar-refractivity contribution in [1.82, 2.24) is 5.32 Å². The Morgan fingerprint density at radius 2 is 2.00 bits per heavy atom. The van der Waals surface area contributed by atoms with E-state index in [0.717, 1.165) is 11.3 Å². The van der Waals surface area contributed by atoms with Crippen LogP contribution in [0.15, 0.2) is 41.8 Å². The largest absolute Gasteiger partial charge is 0.484 e. The zero-order valence-corrected chi connectivity index (χ0v) is 13.4. The van der Waals surface area contributed by atoms with Crippen LogP contribution >= 0.6 is 11.3 Å². The Kier molecular flexibility index (Phi) is 5.39. The van der Waals surface area contributed by atoms with Crippen LogP contribution in [0.2, 0.25) is 0 Å². The molecular weight excluding hydrogens is 282 g/mol. The molecule has 1 unspecified atom stereocenters. The van der Waals surface area contributed by atoms with Crippen molar-refractivity contribution in [2.45, 2.75) is 26.8 Å². The second kappa shape index (κ2) is 7.27. The lowest BCUT2D eigenvalue weighted by Gasteiger charge is -2.21. The lowest BCUT2D eigenvalue weighted by atomic mass is 10.0. The number of benzene rings is 1. The molecular formula is C17H21NO2S. The van der Waals surface area contributed by atoms with Gasteiger partial charge in [-0.25, -0.2) is 0 Å². The summed E-state index contributed by atoms with van der Waals surface area (Å²) >= 11 is 1.66. The molecule has 0 spiro atoms. The summed E-state index contributed by atoms with van der Waals surface area (Å²) in [5, 5.41) is 5.08. The topological polar surface area (TPSA) is 38.3 Å². The van der Waals surface area contributed by atoms with Crippen molar-refractivity contribution >= 4 is 17.2 Å². The number of ether oxygens (including phenoxy) is 1. The maximum absolute atomic E-state index is 12.1. The number of rotatable bonds is 6. The quantitative estimate of drug-likeness (QED) is 0.877. The molecule has 21 heavy (non-hydrogen) atoms. The molecule has 4 heteroatoms. The molecule has 2 aromatic rings. The first kappa shape index (κ1) is 15.6. The van der Waals surface area contributed by atoms with Crippen LogP contribution in [0.3, 0.4) is 0 Å². The van der Waals surface area contributed by atoms with Crippen molar-refractivity contribution in [3.05, 3.63) is 52.2 Å². The van der Waals surface area contributed by atoms with Gasteiger partial charge in [0.2, 0.25) is 0 Å². The number of hydrogen-bond acceptors (Lipinski definition) is 3. The van der Waals surface area contributed by atoms with Crippen molar-refractivity contribution in [3.8, 4) is 5.75 Å². The Morgan fingerprint density at radius 1 is 1.24 bits per heavy atom. The van der Waals surface area contributed by atoms with Gasteiger partial charge in [0.15, 0.2) is 6.61 Å². The average Bonchev–Trinajstić information content (AvgIpc) is 2.97. The Balaban J connectivity index is 1.93. The Bertz CT molecular complexity index is 578. The summed E-state index contributed by atoms with van der Waals surface area (Å²) in [7, 11) is 0. The van der Waals surface area contributed by atoms with Gasteiger partial charge in [-0.3, -0.25) is 4.79 Å². The first-order valence-corrected chi connectivity index (χ1v) is 7.97. The molecule has 1 aromatic heterocycles. The van der Waals surface area contributed by atoms with Crippen LogP contribution in [-0.4, -0.2) is 12.5 Å². The molecule has 2 rings (SSSR count). The van der Waals surface area contributed by atoms with Gasteiger partial charge in [-0.2, -0.15) is 0 Å². The summed E-state index contributed by atoms with van der Waals surface area (Å²) in [5.41, 5.74) is 1.03. The third-order valence-corrected chi connectivity index (χ3v) is 4.24. The minimum atomic E-state index is -0.0923. The molecule has 1 N–H and O–H groups in total. The van der Waals surface area contributed by atoms with Gasteiger partial charge in [0.05, 0.1) is 6.04 Å². The number of carbonyl (C=O) groups excluding carboxylic acids is 1. The van der Waals surface area contributed by atoms with Crippen LogP contribution in [-0.2, 0) is 4.79 Å². The molecule has 0 aliphatic rings. The summed E-state index contributed by atoms with van der Waals surface area (Å²) in [6, 6.07) is 11.8. The Morgan fingerprint density at radius 3 is 2.62 bits per heavy atom. The SMILES string of the molecule is Cc1ccccc1OCC(=O)NC(c1cccs1)C(C)C. The molecule has 112 valence electrons. The molecule has 0 fully saturated rings. The van der Waals surface area contributed by atoms with Gasteiger partial charge in [-0.1, -0.05) is 38.1 Å². The van der Waals surface area contributed by atoms with Crippen LogP contribution in [0.5, 0.6) is 5.75 Å². The number of nitrogens with one attached hydrogen (secondary N) is 1. The summed E-state index contributed by atoms with van der Waals surface area (Å²) < 4.78 is 5.59. The zero-order valence-electron chi connectivity index (χ0n) is 12.6. The van der Waals surface area contributed by atoms with Crippen molar-refractivity contribution < 1.29 is 9.53 Å². The third kappa shape index (κ3) is 4.33. The summed E-state index contributed by atoms with van der Waals surface area (Å²) in [6.45, 7) is 6.22. The van der Waals surface area contributed by atoms with Crippen molar-refractivity contribution in [1.29, 1.82) is 0 Å². The van der Waals surface area contributed by atoms with Crippen LogP contribution in [0.1, 0.15) is 30.3 Å². The third-order valence-electron chi connectivity index (χ3n) is 3.29. The van der Waals surface area contributed by atoms with E-state index in [1.807, 2.05) is 42.6 Å². The molecule has 0 aliphatic heterocycles. The molecule has 0 saturated heterocycles. The van der Waals surface area contributed by atoms with E-state index in [4.69, 9.17) is 4.74 Å². The van der Waals surface area contributed by atoms with Gasteiger partial charge in [0.1, 0.15) is 5.75 Å². The second-order valence-corrected chi connectivity index (χ2v) is 6.34. The summed E-state index contributed by atoms with van der Waals surface area (Å²) in [5.74, 6) is 1.00. The van der Waals surface area contributed by atoms with Gasteiger partial charge in [-0.05, 0) is 35.9 Å². The number of para-hydroxylation sites is 1. The standard InChI is InChI=1S/C17H21NO2S/c1-12(2)17(15-9-6-10-21-15)18-16(19)11-20-14-8-5-4-7-13(14)3/h4-10,12,17H,11H2,1-3H3,(H,18,19). The van der Waals surface area contributed by atoms with E-state index in [2.05, 4.69) is 25.2 Å². The molecule has 0 saturated carbocycles. The lowest BCUT2D eigenvalue weighted by Crippen LogP contribution is -2.34. The zero-order chi connectivity index (χ0) is 15.2. The molecule has 1 amide bonds. The van der Waals surface area contributed by atoms with Crippen molar-refractivity contribution in [2.24, 2.45) is 5.92 Å². The molecule has 3 nitrogen and oxygen atoms in total. The van der Waals surface area contributed by atoms with E-state index in [9.17, 15) is 4.79 Å². The molecule has 0 radical (unpaired) electrons. The average molecular weight is 303 g/mol. The summed E-state index contributed by atoms with van der Waals surface area (Å²) in [6.07, 6.45) is 0. The molecule has 1 aromatic carbocycles. The van der Waals surface area contributed by atoms with E-state index in [0.29, 0.717) is 5.92 Å². The number of carbonyl (C=O) groups is 1. The van der Waals surface area contributed by atoms with Crippen molar-refractivity contribution in [3.63, 3.8) is 0 Å². The van der Waals surface area contributed by atoms with Crippen LogP contribution in [0.25, 0.3) is 0 Å². The Labute approximate surface area is 130 Å². The highest BCUT2D eigenvalue weighted by atomic mass is 32.1. The monoisotopic (exact) mass is 303 g/mol. The first-order chi connectivity index (χ1) is 10.1. The molecule has 0 bridgehead atoms. The van der Waals surface area contributed by atoms with Gasteiger partial charge >= 0.3 is 0 Å². The maximum Gasteiger partial charge on any atom is 0.258 e. The normalized spacial score (nSPS) is 12.2. The highest BCUT2D eigenvalue weighted by molar-refractivity contribution is 7.10. The fourth-order valence-electron chi connectivity index (χ4n) is 2.11. The fraction of sp³-hybridized carbons (Fsp3) is 0.353. The Hall–Kier alpha value is -1.81. The van der Waals surface area contributed by atoms with Crippen molar-refractivity contribution in [2.75, 3.05) is 6.61 Å². The minimum Gasteiger partial charge on any atom is -0.484 e. The van der Waals surface area contributed by atoms with Gasteiger partial charge in [-0.15, -0.1) is 11.3 Å². The second-order valence-electron chi connectivity index (χ2n) is 5.36. The smallest absolute Gasteiger partial charge is 0.258 e. The van der Waals surface area contributed by atoms with Crippen LogP contribution in [0.4, 0.5) is 0 Å². The van der Waals surface area contributed by atoms with E-state index < -0.39 is 0 Å². The molecule has 1 heterocycles. The van der Waals surface area contributed by atoms with Crippen LogP contribution < -0.4 is 10.1 Å². The first-order valence-electron chi connectivity index (χ1n) is 7.09. The van der Waals surface area contributed by atoms with Gasteiger partial charge in [0.25, 0.3) is 5.91 Å². The molecule has 0 aliphatic carbocycles. The van der Waals surface area contributed by atoms with E-state index in [-0.39, 0.29) is 18.6 Å². The highest BCUT2D eigenvalue weighted by Crippen LogP contribution is 2.25. The highest BCUT2D eigenvalue weighted by Gasteiger charge is 2.19.